The molecule has 0 spiro atoms. The Morgan fingerprint density at radius 2 is 2.20 bits per heavy atom. The van der Waals surface area contributed by atoms with Crippen LogP contribution in [0.2, 0.25) is 4.34 Å². The highest BCUT2D eigenvalue weighted by atomic mass is 79.9. The van der Waals surface area contributed by atoms with Crippen molar-refractivity contribution in [2.24, 2.45) is 11.7 Å². The Morgan fingerprint density at radius 3 is 2.70 bits per heavy atom. The van der Waals surface area contributed by atoms with Crippen molar-refractivity contribution in [1.29, 1.82) is 0 Å². The molecule has 0 saturated carbocycles. The largest absolute Gasteiger partial charge is 0.329 e. The molecular weight excluding hydrogens is 358 g/mol. The van der Waals surface area contributed by atoms with Crippen molar-refractivity contribution in [3.05, 3.63) is 19.8 Å². The van der Waals surface area contributed by atoms with E-state index >= 15 is 0 Å². The van der Waals surface area contributed by atoms with Crippen molar-refractivity contribution in [3.63, 3.8) is 0 Å². The first kappa shape index (κ1) is 16.7. The van der Waals surface area contributed by atoms with Crippen LogP contribution in [-0.4, -0.2) is 50.1 Å². The Morgan fingerprint density at radius 1 is 1.55 bits per heavy atom. The molecule has 0 aromatic carbocycles. The maximum absolute atomic E-state index is 6.15. The molecule has 1 aromatic rings. The highest BCUT2D eigenvalue weighted by molar-refractivity contribution is 9.10. The smallest absolute Gasteiger partial charge is 0.107 e. The summed E-state index contributed by atoms with van der Waals surface area (Å²) in [4.78, 5) is 6.05. The van der Waals surface area contributed by atoms with E-state index in [4.69, 9.17) is 17.3 Å². The Labute approximate surface area is 139 Å². The summed E-state index contributed by atoms with van der Waals surface area (Å²) in [6, 6.07) is 2.37. The molecule has 6 heteroatoms. The van der Waals surface area contributed by atoms with Crippen molar-refractivity contribution < 1.29 is 0 Å². The van der Waals surface area contributed by atoms with Gasteiger partial charge in [0.15, 0.2) is 0 Å². The van der Waals surface area contributed by atoms with E-state index in [1.54, 1.807) is 11.3 Å². The van der Waals surface area contributed by atoms with Gasteiger partial charge in [-0.2, -0.15) is 0 Å². The lowest BCUT2D eigenvalue weighted by Gasteiger charge is -2.34. The molecule has 1 aromatic heterocycles. The minimum Gasteiger partial charge on any atom is -0.329 e. The van der Waals surface area contributed by atoms with Crippen LogP contribution >= 0.6 is 38.9 Å². The van der Waals surface area contributed by atoms with Crippen LogP contribution in [0.1, 0.15) is 23.8 Å². The third kappa shape index (κ3) is 4.18. The predicted molar refractivity (Wildman–Crippen MR) is 91.7 cm³/mol. The fourth-order valence-corrected chi connectivity index (χ4v) is 4.74. The highest BCUT2D eigenvalue weighted by Crippen LogP contribution is 2.37. The van der Waals surface area contributed by atoms with Crippen LogP contribution in [-0.2, 0) is 0 Å². The van der Waals surface area contributed by atoms with Crippen molar-refractivity contribution in [2.75, 3.05) is 40.3 Å². The number of hydrogen-bond donors (Lipinski definition) is 1. The zero-order chi connectivity index (χ0) is 14.7. The van der Waals surface area contributed by atoms with E-state index < -0.39 is 0 Å². The second kappa shape index (κ2) is 7.56. The molecule has 0 radical (unpaired) electrons. The maximum atomic E-state index is 6.15. The third-order valence-electron chi connectivity index (χ3n) is 4.13. The van der Waals surface area contributed by atoms with Crippen LogP contribution in [0.4, 0.5) is 0 Å². The number of rotatable bonds is 5. The maximum Gasteiger partial charge on any atom is 0.107 e. The molecule has 0 amide bonds. The summed E-state index contributed by atoms with van der Waals surface area (Å²) in [6.45, 7) is 4.17. The summed E-state index contributed by atoms with van der Waals surface area (Å²) in [5.74, 6) is 0.782. The lowest BCUT2D eigenvalue weighted by atomic mass is 9.96. The normalized spacial score (nSPS) is 19.7. The van der Waals surface area contributed by atoms with Gasteiger partial charge in [-0.1, -0.05) is 11.6 Å². The molecule has 0 aliphatic carbocycles. The van der Waals surface area contributed by atoms with Gasteiger partial charge in [0.05, 0.1) is 6.04 Å². The molecule has 1 saturated heterocycles. The Bertz CT molecular complexity index is 413. The molecule has 2 rings (SSSR count). The lowest BCUT2D eigenvalue weighted by Crippen LogP contribution is -2.38. The number of likely N-dealkylation sites (tertiary alicyclic amines) is 1. The molecule has 1 unspecified atom stereocenters. The van der Waals surface area contributed by atoms with Crippen LogP contribution in [0.15, 0.2) is 10.5 Å². The second-order valence-electron chi connectivity index (χ2n) is 5.71. The lowest BCUT2D eigenvalue weighted by molar-refractivity contribution is 0.153. The minimum absolute atomic E-state index is 0.267. The number of halogens is 2. The molecule has 2 heterocycles. The molecule has 2 N–H and O–H groups in total. The van der Waals surface area contributed by atoms with Gasteiger partial charge in [0.25, 0.3) is 0 Å². The third-order valence-corrected chi connectivity index (χ3v) is 6.71. The van der Waals surface area contributed by atoms with E-state index in [-0.39, 0.29) is 6.04 Å². The number of thiophene rings is 1. The SMILES string of the molecule is CN1CCC(CN(C)C(CN)c2cc(Br)c(Cl)s2)CC1. The second-order valence-corrected chi connectivity index (χ2v) is 8.25. The minimum atomic E-state index is 0.267. The first-order valence-electron chi connectivity index (χ1n) is 7.04. The Balaban J connectivity index is 1.96. The molecule has 0 bridgehead atoms. The molecule has 114 valence electrons. The molecule has 1 aliphatic rings. The van der Waals surface area contributed by atoms with Gasteiger partial charge in [0.1, 0.15) is 4.34 Å². The van der Waals surface area contributed by atoms with Crippen molar-refractivity contribution in [1.82, 2.24) is 9.80 Å². The van der Waals surface area contributed by atoms with Crippen molar-refractivity contribution >= 4 is 38.9 Å². The summed E-state index contributed by atoms with van der Waals surface area (Å²) in [6.07, 6.45) is 2.57. The van der Waals surface area contributed by atoms with Crippen molar-refractivity contribution in [2.45, 2.75) is 18.9 Å². The van der Waals surface area contributed by atoms with Gasteiger partial charge < -0.3 is 10.6 Å². The molecule has 1 atom stereocenters. The number of hydrogen-bond acceptors (Lipinski definition) is 4. The van der Waals surface area contributed by atoms with Crippen LogP contribution in [0.25, 0.3) is 0 Å². The summed E-state index contributed by atoms with van der Waals surface area (Å²) in [5.41, 5.74) is 5.99. The van der Waals surface area contributed by atoms with Gasteiger partial charge in [0.2, 0.25) is 0 Å². The number of nitrogens with two attached hydrogens (primary N) is 1. The van der Waals surface area contributed by atoms with Crippen molar-refractivity contribution in [3.8, 4) is 0 Å². The molecule has 3 nitrogen and oxygen atoms in total. The quantitative estimate of drug-likeness (QED) is 0.849. The summed E-state index contributed by atoms with van der Waals surface area (Å²) >= 11 is 11.3. The van der Waals surface area contributed by atoms with E-state index in [1.807, 2.05) is 0 Å². The van der Waals surface area contributed by atoms with E-state index in [1.165, 1.54) is 30.8 Å². The van der Waals surface area contributed by atoms with E-state index in [0.717, 1.165) is 21.3 Å². The molecule has 20 heavy (non-hydrogen) atoms. The van der Waals surface area contributed by atoms with Gasteiger partial charge in [0, 0.05) is 22.4 Å². The van der Waals surface area contributed by atoms with E-state index in [0.29, 0.717) is 6.54 Å². The van der Waals surface area contributed by atoms with Gasteiger partial charge in [-0.15, -0.1) is 11.3 Å². The zero-order valence-electron chi connectivity index (χ0n) is 12.1. The Kier molecular flexibility index (Phi) is 6.32. The average Bonchev–Trinajstić information content (AvgIpc) is 2.73. The van der Waals surface area contributed by atoms with Crippen LogP contribution in [0.3, 0.4) is 0 Å². The fourth-order valence-electron chi connectivity index (χ4n) is 2.82. The molecule has 1 aliphatic heterocycles. The average molecular weight is 381 g/mol. The highest BCUT2D eigenvalue weighted by Gasteiger charge is 2.23. The summed E-state index contributed by atoms with van der Waals surface area (Å²) in [7, 11) is 4.38. The van der Waals surface area contributed by atoms with E-state index in [9.17, 15) is 0 Å². The summed E-state index contributed by atoms with van der Waals surface area (Å²) in [5, 5.41) is 0. The first-order valence-corrected chi connectivity index (χ1v) is 9.03. The van der Waals surface area contributed by atoms with Gasteiger partial charge >= 0.3 is 0 Å². The molecular formula is C14H23BrClN3S. The Hall–Kier alpha value is 0.350. The summed E-state index contributed by atoms with van der Waals surface area (Å²) < 4.78 is 1.79. The monoisotopic (exact) mass is 379 g/mol. The zero-order valence-corrected chi connectivity index (χ0v) is 15.3. The van der Waals surface area contributed by atoms with Crippen LogP contribution < -0.4 is 5.73 Å². The number of nitrogens with zero attached hydrogens (tertiary/aromatic N) is 2. The predicted octanol–water partition coefficient (Wildman–Crippen LogP) is 3.44. The van der Waals surface area contributed by atoms with E-state index in [2.05, 4.69) is 45.9 Å². The topological polar surface area (TPSA) is 32.5 Å². The van der Waals surface area contributed by atoms with Gasteiger partial charge in [-0.05, 0) is 67.9 Å². The fraction of sp³-hybridized carbons (Fsp3) is 0.714. The van der Waals surface area contributed by atoms with Gasteiger partial charge in [-0.25, -0.2) is 0 Å². The van der Waals surface area contributed by atoms with Gasteiger partial charge in [-0.3, -0.25) is 4.90 Å². The first-order chi connectivity index (χ1) is 9.51. The number of likely N-dealkylation sites (N-methyl/N-ethyl adjacent to an activating group) is 1. The standard InChI is InChI=1S/C14H23BrClN3S/c1-18-5-3-10(4-6-18)9-19(2)12(8-17)13-7-11(15)14(16)20-13/h7,10,12H,3-6,8-9,17H2,1-2H3. The van der Waals surface area contributed by atoms with Crippen LogP contribution in [0, 0.1) is 5.92 Å². The molecule has 1 fully saturated rings. The number of piperidine rings is 1. The van der Waals surface area contributed by atoms with Crippen LogP contribution in [0.5, 0.6) is 0 Å².